The molecule has 1 aliphatic heterocycles. The lowest BCUT2D eigenvalue weighted by Crippen LogP contribution is -2.49. The van der Waals surface area contributed by atoms with E-state index in [0.717, 1.165) is 44.5 Å². The van der Waals surface area contributed by atoms with Gasteiger partial charge in [-0.2, -0.15) is 13.2 Å². The number of nitrogens with zero attached hydrogens (tertiary/aromatic N) is 3. The van der Waals surface area contributed by atoms with Gasteiger partial charge in [0.05, 0.1) is 29.2 Å². The number of hydrogen-bond acceptors (Lipinski definition) is 3. The molecule has 1 aromatic carbocycles. The molecule has 1 saturated heterocycles. The Hall–Kier alpha value is -2.09. The number of carbonyl (C=O) groups is 1. The Labute approximate surface area is 150 Å². The monoisotopic (exact) mass is 368 g/mol. The molecule has 0 unspecified atom stereocenters. The number of nitrogens with one attached hydrogen (secondary N) is 1. The van der Waals surface area contributed by atoms with E-state index in [4.69, 9.17) is 0 Å². The van der Waals surface area contributed by atoms with Crippen LogP contribution in [0.2, 0.25) is 0 Å². The fourth-order valence-electron chi connectivity index (χ4n) is 3.53. The number of rotatable bonds is 4. The smallest absolute Gasteiger partial charge is 0.348 e. The number of carbonyl (C=O) groups excluding carboxylic acids is 1. The van der Waals surface area contributed by atoms with Crippen LogP contribution in [0.1, 0.15) is 37.6 Å². The molecule has 26 heavy (non-hydrogen) atoms. The first kappa shape index (κ1) is 18.7. The zero-order chi connectivity index (χ0) is 18.9. The summed E-state index contributed by atoms with van der Waals surface area (Å²) in [7, 11) is 1.74. The van der Waals surface area contributed by atoms with Gasteiger partial charge in [0.15, 0.2) is 0 Å². The van der Waals surface area contributed by atoms with Crippen molar-refractivity contribution >= 4 is 16.9 Å². The third-order valence-electron chi connectivity index (χ3n) is 5.04. The van der Waals surface area contributed by atoms with Gasteiger partial charge in [-0.25, -0.2) is 4.98 Å². The predicted octanol–water partition coefficient (Wildman–Crippen LogP) is 3.08. The fraction of sp³-hybridized carbons (Fsp3) is 0.556. The largest absolute Gasteiger partial charge is 0.416 e. The van der Waals surface area contributed by atoms with Crippen LogP contribution in [0.5, 0.6) is 0 Å². The third kappa shape index (κ3) is 3.70. The van der Waals surface area contributed by atoms with E-state index in [9.17, 15) is 18.0 Å². The maximum atomic E-state index is 12.9. The average Bonchev–Trinajstić information content (AvgIpc) is 2.94. The van der Waals surface area contributed by atoms with E-state index in [0.29, 0.717) is 11.3 Å². The van der Waals surface area contributed by atoms with Crippen LogP contribution in [0.3, 0.4) is 0 Å². The van der Waals surface area contributed by atoms with E-state index in [-0.39, 0.29) is 24.0 Å². The van der Waals surface area contributed by atoms with Crippen molar-refractivity contribution in [1.82, 2.24) is 19.8 Å². The first-order chi connectivity index (χ1) is 12.3. The van der Waals surface area contributed by atoms with Crippen molar-refractivity contribution in [3.8, 4) is 0 Å². The summed E-state index contributed by atoms with van der Waals surface area (Å²) in [6.45, 7) is 3.97. The van der Waals surface area contributed by atoms with Crippen molar-refractivity contribution in [2.24, 2.45) is 7.05 Å². The molecule has 0 radical (unpaired) electrons. The minimum absolute atomic E-state index is 0.0467. The number of aromatic nitrogens is 2. The Balaban J connectivity index is 1.74. The third-order valence-corrected chi connectivity index (χ3v) is 5.04. The number of halogens is 3. The molecule has 1 amide bonds. The van der Waals surface area contributed by atoms with Gasteiger partial charge in [0.2, 0.25) is 5.91 Å². The van der Waals surface area contributed by atoms with Gasteiger partial charge in [-0.05, 0) is 44.1 Å². The summed E-state index contributed by atoms with van der Waals surface area (Å²) in [6.07, 6.45) is -1.44. The molecule has 0 saturated carbocycles. The number of aryl methyl sites for hydroxylation is 1. The number of likely N-dealkylation sites (N-methyl/N-ethyl adjacent to an activating group) is 1. The summed E-state index contributed by atoms with van der Waals surface area (Å²) < 4.78 is 40.3. The molecule has 0 aliphatic carbocycles. The van der Waals surface area contributed by atoms with Crippen LogP contribution in [0, 0.1) is 0 Å². The highest BCUT2D eigenvalue weighted by Gasteiger charge is 2.31. The van der Waals surface area contributed by atoms with Crippen molar-refractivity contribution in [2.45, 2.75) is 44.9 Å². The van der Waals surface area contributed by atoms with Gasteiger partial charge in [-0.3, -0.25) is 9.69 Å². The number of piperidine rings is 1. The van der Waals surface area contributed by atoms with Gasteiger partial charge in [-0.1, -0.05) is 13.3 Å². The van der Waals surface area contributed by atoms with E-state index < -0.39 is 11.7 Å². The molecule has 1 atom stereocenters. The molecule has 8 heteroatoms. The van der Waals surface area contributed by atoms with Gasteiger partial charge in [0.25, 0.3) is 0 Å². The van der Waals surface area contributed by atoms with Crippen molar-refractivity contribution in [2.75, 3.05) is 13.1 Å². The van der Waals surface area contributed by atoms with Gasteiger partial charge in [-0.15, -0.1) is 0 Å². The molecule has 1 aliphatic rings. The Bertz CT molecular complexity index is 800. The number of hydrogen-bond donors (Lipinski definition) is 1. The molecule has 1 aromatic heterocycles. The van der Waals surface area contributed by atoms with Crippen LogP contribution < -0.4 is 5.32 Å². The fourth-order valence-corrected chi connectivity index (χ4v) is 3.53. The number of fused-ring (bicyclic) bond motifs is 1. The highest BCUT2D eigenvalue weighted by atomic mass is 19.4. The molecular formula is C18H23F3N4O. The van der Waals surface area contributed by atoms with E-state index in [1.807, 2.05) is 6.92 Å². The van der Waals surface area contributed by atoms with Crippen molar-refractivity contribution < 1.29 is 18.0 Å². The zero-order valence-electron chi connectivity index (χ0n) is 14.9. The summed E-state index contributed by atoms with van der Waals surface area (Å²) in [6, 6.07) is 3.37. The molecule has 5 nitrogen and oxygen atoms in total. The Morgan fingerprint density at radius 2 is 2.12 bits per heavy atom. The summed E-state index contributed by atoms with van der Waals surface area (Å²) in [4.78, 5) is 18.9. The number of benzene rings is 1. The molecule has 2 aromatic rings. The van der Waals surface area contributed by atoms with Crippen LogP contribution >= 0.6 is 0 Å². The minimum atomic E-state index is -4.40. The molecule has 2 heterocycles. The van der Waals surface area contributed by atoms with E-state index >= 15 is 0 Å². The first-order valence-electron chi connectivity index (χ1n) is 8.85. The van der Waals surface area contributed by atoms with Crippen molar-refractivity contribution in [3.63, 3.8) is 0 Å². The van der Waals surface area contributed by atoms with Gasteiger partial charge in [0.1, 0.15) is 5.82 Å². The second-order valence-electron chi connectivity index (χ2n) is 6.65. The van der Waals surface area contributed by atoms with E-state index in [2.05, 4.69) is 15.2 Å². The zero-order valence-corrected chi connectivity index (χ0v) is 14.9. The topological polar surface area (TPSA) is 50.2 Å². The molecule has 1 fully saturated rings. The second-order valence-corrected chi connectivity index (χ2v) is 6.65. The highest BCUT2D eigenvalue weighted by molar-refractivity contribution is 5.82. The van der Waals surface area contributed by atoms with Crippen molar-refractivity contribution in [1.29, 1.82) is 0 Å². The summed E-state index contributed by atoms with van der Waals surface area (Å²) in [5, 5.41) is 2.89. The van der Waals surface area contributed by atoms with E-state index in [1.165, 1.54) is 6.07 Å². The van der Waals surface area contributed by atoms with E-state index in [1.54, 1.807) is 11.6 Å². The summed E-state index contributed by atoms with van der Waals surface area (Å²) >= 11 is 0. The number of imidazole rings is 1. The maximum absolute atomic E-state index is 12.9. The lowest BCUT2D eigenvalue weighted by molar-refractivity contribution is -0.137. The Morgan fingerprint density at radius 3 is 2.81 bits per heavy atom. The van der Waals surface area contributed by atoms with Crippen LogP contribution in [0.25, 0.3) is 11.0 Å². The lowest BCUT2D eigenvalue weighted by Gasteiger charge is -2.33. The standard InChI is InChI=1S/C18H23F3N4O/c1-3-25-9-5-4-6-15(25)17(26)22-11-16-23-13-10-12(18(19,20)21)7-8-14(13)24(16)2/h7-8,10,15H,3-6,9,11H2,1-2H3,(H,22,26)/t15-/m1/s1. The predicted molar refractivity (Wildman–Crippen MR) is 92.4 cm³/mol. The second kappa shape index (κ2) is 7.26. The normalized spacial score (nSPS) is 19.0. The number of likely N-dealkylation sites (tertiary alicyclic amines) is 1. The van der Waals surface area contributed by atoms with Crippen LogP contribution in [-0.4, -0.2) is 39.5 Å². The average molecular weight is 368 g/mol. The number of amides is 1. The Kier molecular flexibility index (Phi) is 5.22. The van der Waals surface area contributed by atoms with Crippen LogP contribution in [-0.2, 0) is 24.6 Å². The molecule has 3 rings (SSSR count). The number of alkyl halides is 3. The van der Waals surface area contributed by atoms with Crippen LogP contribution in [0.4, 0.5) is 13.2 Å². The molecule has 142 valence electrons. The van der Waals surface area contributed by atoms with Gasteiger partial charge < -0.3 is 9.88 Å². The maximum Gasteiger partial charge on any atom is 0.416 e. The molecule has 1 N–H and O–H groups in total. The molecule has 0 bridgehead atoms. The highest BCUT2D eigenvalue weighted by Crippen LogP contribution is 2.31. The molecular weight excluding hydrogens is 345 g/mol. The van der Waals surface area contributed by atoms with Crippen molar-refractivity contribution in [3.05, 3.63) is 29.6 Å². The van der Waals surface area contributed by atoms with Crippen LogP contribution in [0.15, 0.2) is 18.2 Å². The van der Waals surface area contributed by atoms with Gasteiger partial charge >= 0.3 is 6.18 Å². The quantitative estimate of drug-likeness (QED) is 0.902. The first-order valence-corrected chi connectivity index (χ1v) is 8.85. The van der Waals surface area contributed by atoms with Gasteiger partial charge in [0, 0.05) is 7.05 Å². The molecule has 0 spiro atoms. The minimum Gasteiger partial charge on any atom is -0.348 e. The lowest BCUT2D eigenvalue weighted by atomic mass is 10.0. The summed E-state index contributed by atoms with van der Waals surface area (Å²) in [5.41, 5.74) is 0.161. The SMILES string of the molecule is CCN1CCCC[C@@H]1C(=O)NCc1nc2cc(C(F)(F)F)ccc2n1C. The Morgan fingerprint density at radius 1 is 1.35 bits per heavy atom. The summed E-state index contributed by atoms with van der Waals surface area (Å²) in [5.74, 6) is 0.487.